The van der Waals surface area contributed by atoms with E-state index in [1.165, 1.54) is 12.1 Å². The number of rotatable bonds is 5. The first-order chi connectivity index (χ1) is 8.71. The molecule has 0 aliphatic heterocycles. The normalized spacial score (nSPS) is 9.28. The molecule has 2 N–H and O–H groups in total. The van der Waals surface area contributed by atoms with Crippen molar-refractivity contribution < 1.29 is 4.79 Å². The number of hydrogen-bond acceptors (Lipinski definition) is 4. The van der Waals surface area contributed by atoms with Crippen LogP contribution >= 0.6 is 0 Å². The van der Waals surface area contributed by atoms with Crippen molar-refractivity contribution in [1.82, 2.24) is 5.32 Å². The number of nitrogens with one attached hydrogen (secondary N) is 2. The summed E-state index contributed by atoms with van der Waals surface area (Å²) in [7, 11) is 0. The van der Waals surface area contributed by atoms with Crippen LogP contribution in [0.1, 0.15) is 24.5 Å². The number of carbonyl (C=O) groups is 1. The molecule has 0 fully saturated rings. The molecule has 0 spiro atoms. The van der Waals surface area contributed by atoms with Crippen molar-refractivity contribution in [3.63, 3.8) is 0 Å². The third-order valence-electron chi connectivity index (χ3n) is 2.26. The Hall–Kier alpha value is -2.37. The smallest absolute Gasteiger partial charge is 0.238 e. The van der Waals surface area contributed by atoms with Gasteiger partial charge in [0.05, 0.1) is 17.7 Å². The van der Waals surface area contributed by atoms with Crippen LogP contribution in [0, 0.1) is 22.7 Å². The Morgan fingerprint density at radius 2 is 2.00 bits per heavy atom. The second-order valence-electron chi connectivity index (χ2n) is 3.71. The summed E-state index contributed by atoms with van der Waals surface area (Å²) >= 11 is 0. The number of amides is 1. The fraction of sp³-hybridized carbons (Fsp3) is 0.308. The SMILES string of the molecule is CCCNCC(=O)Nc1ccc(C#N)c(C#N)c1. The van der Waals surface area contributed by atoms with Crippen molar-refractivity contribution in [1.29, 1.82) is 10.5 Å². The highest BCUT2D eigenvalue weighted by atomic mass is 16.1. The van der Waals surface area contributed by atoms with Gasteiger partial charge in [-0.3, -0.25) is 4.79 Å². The Morgan fingerprint density at radius 3 is 2.61 bits per heavy atom. The van der Waals surface area contributed by atoms with E-state index in [2.05, 4.69) is 10.6 Å². The number of nitrogens with zero attached hydrogens (tertiary/aromatic N) is 2. The molecule has 0 bridgehead atoms. The monoisotopic (exact) mass is 242 g/mol. The minimum Gasteiger partial charge on any atom is -0.325 e. The van der Waals surface area contributed by atoms with Crippen molar-refractivity contribution in [2.24, 2.45) is 0 Å². The van der Waals surface area contributed by atoms with Gasteiger partial charge in [0.2, 0.25) is 5.91 Å². The predicted octanol–water partition coefficient (Wildman–Crippen LogP) is 1.37. The molecule has 0 aromatic heterocycles. The lowest BCUT2D eigenvalue weighted by Crippen LogP contribution is -2.28. The average molecular weight is 242 g/mol. The quantitative estimate of drug-likeness (QED) is 0.763. The Labute approximate surface area is 106 Å². The summed E-state index contributed by atoms with van der Waals surface area (Å²) in [5, 5.41) is 23.3. The molecule has 1 rings (SSSR count). The highest BCUT2D eigenvalue weighted by molar-refractivity contribution is 5.92. The van der Waals surface area contributed by atoms with Crippen molar-refractivity contribution in [3.05, 3.63) is 29.3 Å². The standard InChI is InChI=1S/C13H14N4O/c1-2-5-16-9-13(18)17-12-4-3-10(7-14)11(6-12)8-15/h3-4,6,16H,2,5,9H2,1H3,(H,17,18). The van der Waals surface area contributed by atoms with Crippen molar-refractivity contribution in [3.8, 4) is 12.1 Å². The summed E-state index contributed by atoms with van der Waals surface area (Å²) < 4.78 is 0. The summed E-state index contributed by atoms with van der Waals surface area (Å²) in [5.74, 6) is -0.169. The molecule has 0 atom stereocenters. The minimum atomic E-state index is -0.169. The molecular formula is C13H14N4O. The second-order valence-corrected chi connectivity index (χ2v) is 3.71. The van der Waals surface area contributed by atoms with E-state index in [9.17, 15) is 4.79 Å². The zero-order valence-electron chi connectivity index (χ0n) is 10.2. The molecule has 0 saturated heterocycles. The predicted molar refractivity (Wildman–Crippen MR) is 67.7 cm³/mol. The van der Waals surface area contributed by atoms with Gasteiger partial charge in [0.1, 0.15) is 12.1 Å². The molecule has 0 aliphatic carbocycles. The van der Waals surface area contributed by atoms with Gasteiger partial charge in [-0.2, -0.15) is 10.5 Å². The molecule has 18 heavy (non-hydrogen) atoms. The van der Waals surface area contributed by atoms with Crippen LogP contribution in [0.3, 0.4) is 0 Å². The van der Waals surface area contributed by atoms with Gasteiger partial charge in [0.15, 0.2) is 0 Å². The highest BCUT2D eigenvalue weighted by Gasteiger charge is 2.05. The molecule has 1 amide bonds. The fourth-order valence-corrected chi connectivity index (χ4v) is 1.40. The third-order valence-corrected chi connectivity index (χ3v) is 2.26. The Balaban J connectivity index is 2.66. The number of benzene rings is 1. The summed E-state index contributed by atoms with van der Waals surface area (Å²) in [6, 6.07) is 8.47. The topological polar surface area (TPSA) is 88.7 Å². The van der Waals surface area contributed by atoms with Gasteiger partial charge in [-0.15, -0.1) is 0 Å². The highest BCUT2D eigenvalue weighted by Crippen LogP contribution is 2.14. The maximum atomic E-state index is 11.5. The summed E-state index contributed by atoms with van der Waals surface area (Å²) in [6.45, 7) is 3.03. The zero-order chi connectivity index (χ0) is 13.4. The van der Waals surface area contributed by atoms with Crippen LogP contribution in [0.5, 0.6) is 0 Å². The van der Waals surface area contributed by atoms with E-state index in [1.54, 1.807) is 6.07 Å². The van der Waals surface area contributed by atoms with E-state index in [0.29, 0.717) is 11.3 Å². The van der Waals surface area contributed by atoms with Crippen LogP contribution < -0.4 is 10.6 Å². The van der Waals surface area contributed by atoms with Gasteiger partial charge in [-0.25, -0.2) is 0 Å². The lowest BCUT2D eigenvalue weighted by atomic mass is 10.1. The van der Waals surface area contributed by atoms with Crippen molar-refractivity contribution in [2.45, 2.75) is 13.3 Å². The van der Waals surface area contributed by atoms with Gasteiger partial charge >= 0.3 is 0 Å². The summed E-state index contributed by atoms with van der Waals surface area (Å²) in [4.78, 5) is 11.5. The average Bonchev–Trinajstić information content (AvgIpc) is 2.39. The Morgan fingerprint density at radius 1 is 1.28 bits per heavy atom. The molecule has 0 saturated carbocycles. The second kappa shape index (κ2) is 7.05. The van der Waals surface area contributed by atoms with Gasteiger partial charge < -0.3 is 10.6 Å². The molecule has 5 nitrogen and oxygen atoms in total. The summed E-state index contributed by atoms with van der Waals surface area (Å²) in [6.07, 6.45) is 0.961. The minimum absolute atomic E-state index is 0.169. The van der Waals surface area contributed by atoms with Crippen LogP contribution in [0.25, 0.3) is 0 Å². The molecular weight excluding hydrogens is 228 g/mol. The van der Waals surface area contributed by atoms with Crippen LogP contribution in [-0.4, -0.2) is 19.0 Å². The maximum Gasteiger partial charge on any atom is 0.238 e. The zero-order valence-corrected chi connectivity index (χ0v) is 10.2. The van der Waals surface area contributed by atoms with Crippen LogP contribution in [-0.2, 0) is 4.79 Å². The van der Waals surface area contributed by atoms with E-state index in [-0.39, 0.29) is 18.0 Å². The number of nitriles is 2. The van der Waals surface area contributed by atoms with Gasteiger partial charge in [0.25, 0.3) is 0 Å². The van der Waals surface area contributed by atoms with Gasteiger partial charge in [-0.1, -0.05) is 6.92 Å². The van der Waals surface area contributed by atoms with E-state index in [1.807, 2.05) is 19.1 Å². The van der Waals surface area contributed by atoms with E-state index in [4.69, 9.17) is 10.5 Å². The summed E-state index contributed by atoms with van der Waals surface area (Å²) in [5.41, 5.74) is 1.09. The van der Waals surface area contributed by atoms with Crippen LogP contribution in [0.2, 0.25) is 0 Å². The van der Waals surface area contributed by atoms with Gasteiger partial charge in [-0.05, 0) is 31.2 Å². The largest absolute Gasteiger partial charge is 0.325 e. The molecule has 1 aromatic carbocycles. The Bertz CT molecular complexity index is 511. The third kappa shape index (κ3) is 3.89. The lowest BCUT2D eigenvalue weighted by molar-refractivity contribution is -0.115. The first kappa shape index (κ1) is 13.7. The molecule has 0 radical (unpaired) electrons. The lowest BCUT2D eigenvalue weighted by Gasteiger charge is -2.06. The maximum absolute atomic E-state index is 11.5. The molecule has 0 unspecified atom stereocenters. The first-order valence-corrected chi connectivity index (χ1v) is 5.66. The fourth-order valence-electron chi connectivity index (χ4n) is 1.40. The number of anilines is 1. The van der Waals surface area contributed by atoms with Crippen molar-refractivity contribution >= 4 is 11.6 Å². The van der Waals surface area contributed by atoms with E-state index < -0.39 is 0 Å². The van der Waals surface area contributed by atoms with E-state index >= 15 is 0 Å². The first-order valence-electron chi connectivity index (χ1n) is 5.66. The van der Waals surface area contributed by atoms with Crippen LogP contribution in [0.15, 0.2) is 18.2 Å². The molecule has 1 aromatic rings. The molecule has 0 heterocycles. The number of carbonyl (C=O) groups excluding carboxylic acids is 1. The van der Waals surface area contributed by atoms with Crippen LogP contribution in [0.4, 0.5) is 5.69 Å². The van der Waals surface area contributed by atoms with Gasteiger partial charge in [0, 0.05) is 5.69 Å². The van der Waals surface area contributed by atoms with E-state index in [0.717, 1.165) is 13.0 Å². The molecule has 5 heteroatoms. The molecule has 0 aliphatic rings. The Kier molecular flexibility index (Phi) is 5.37. The molecule has 92 valence electrons. The van der Waals surface area contributed by atoms with Crippen molar-refractivity contribution in [2.75, 3.05) is 18.4 Å². The number of hydrogen-bond donors (Lipinski definition) is 2.